The van der Waals surface area contributed by atoms with E-state index in [2.05, 4.69) is 5.92 Å². The van der Waals surface area contributed by atoms with Crippen molar-refractivity contribution >= 4 is 0 Å². The minimum atomic E-state index is 0.0292. The van der Waals surface area contributed by atoms with Gasteiger partial charge >= 0.3 is 0 Å². The van der Waals surface area contributed by atoms with Crippen LogP contribution in [0.2, 0.25) is 0 Å². The molecule has 0 radical (unpaired) electrons. The lowest BCUT2D eigenvalue weighted by molar-refractivity contribution is 0.0139. The number of aliphatic hydroxyl groups excluding tert-OH is 1. The standard InChI is InChI=1S/C10H18O3/c1-4-5-9(12-2)8-10(13-3)6-7-11/h1,9-11H,5-8H2,2-3H3. The second-order valence-electron chi connectivity index (χ2n) is 2.87. The normalized spacial score (nSPS) is 14.9. The maximum Gasteiger partial charge on any atom is 0.0705 e. The van der Waals surface area contributed by atoms with Crippen molar-refractivity contribution in [3.8, 4) is 12.3 Å². The second-order valence-corrected chi connectivity index (χ2v) is 2.87. The lowest BCUT2D eigenvalue weighted by atomic mass is 10.1. The van der Waals surface area contributed by atoms with Crippen LogP contribution in [0.15, 0.2) is 0 Å². The first-order valence-electron chi connectivity index (χ1n) is 4.38. The Kier molecular flexibility index (Phi) is 7.71. The van der Waals surface area contributed by atoms with Gasteiger partial charge in [-0.25, -0.2) is 0 Å². The maximum atomic E-state index is 8.72. The summed E-state index contributed by atoms with van der Waals surface area (Å²) in [6, 6.07) is 0. The number of hydrogen-bond acceptors (Lipinski definition) is 3. The maximum absolute atomic E-state index is 8.72. The van der Waals surface area contributed by atoms with Gasteiger partial charge in [-0.05, 0) is 6.42 Å². The molecular weight excluding hydrogens is 168 g/mol. The van der Waals surface area contributed by atoms with Gasteiger partial charge in [-0.1, -0.05) is 0 Å². The molecular formula is C10H18O3. The van der Waals surface area contributed by atoms with Crippen LogP contribution in [0.3, 0.4) is 0 Å². The highest BCUT2D eigenvalue weighted by molar-refractivity contribution is 4.88. The fourth-order valence-electron chi connectivity index (χ4n) is 1.16. The Morgan fingerprint density at radius 3 is 2.31 bits per heavy atom. The highest BCUT2D eigenvalue weighted by atomic mass is 16.5. The topological polar surface area (TPSA) is 38.7 Å². The highest BCUT2D eigenvalue weighted by Gasteiger charge is 2.14. The molecule has 0 rings (SSSR count). The minimum absolute atomic E-state index is 0.0292. The molecule has 3 nitrogen and oxygen atoms in total. The molecule has 0 spiro atoms. The molecule has 0 heterocycles. The molecule has 0 fully saturated rings. The fraction of sp³-hybridized carbons (Fsp3) is 0.800. The zero-order valence-electron chi connectivity index (χ0n) is 8.32. The Labute approximate surface area is 80.0 Å². The van der Waals surface area contributed by atoms with Crippen molar-refractivity contribution < 1.29 is 14.6 Å². The van der Waals surface area contributed by atoms with Gasteiger partial charge in [-0.15, -0.1) is 12.3 Å². The van der Waals surface area contributed by atoms with Crippen molar-refractivity contribution in [3.05, 3.63) is 0 Å². The molecule has 0 saturated heterocycles. The monoisotopic (exact) mass is 186 g/mol. The Morgan fingerprint density at radius 2 is 1.92 bits per heavy atom. The predicted octanol–water partition coefficient (Wildman–Crippen LogP) is 0.812. The first-order chi connectivity index (χ1) is 6.28. The van der Waals surface area contributed by atoms with E-state index >= 15 is 0 Å². The summed E-state index contributed by atoms with van der Waals surface area (Å²) in [6.45, 7) is 0.130. The zero-order chi connectivity index (χ0) is 10.1. The first kappa shape index (κ1) is 12.4. The van der Waals surface area contributed by atoms with Crippen molar-refractivity contribution in [2.45, 2.75) is 31.5 Å². The average molecular weight is 186 g/mol. The lowest BCUT2D eigenvalue weighted by Gasteiger charge is -2.19. The van der Waals surface area contributed by atoms with Gasteiger partial charge in [0.05, 0.1) is 12.2 Å². The van der Waals surface area contributed by atoms with Crippen LogP contribution in [0.25, 0.3) is 0 Å². The molecule has 0 saturated carbocycles. The van der Waals surface area contributed by atoms with E-state index in [0.717, 1.165) is 6.42 Å². The summed E-state index contributed by atoms with van der Waals surface area (Å²) in [5.41, 5.74) is 0. The lowest BCUT2D eigenvalue weighted by Crippen LogP contribution is -2.22. The zero-order valence-corrected chi connectivity index (χ0v) is 8.32. The van der Waals surface area contributed by atoms with Crippen LogP contribution in [-0.2, 0) is 9.47 Å². The Bertz CT molecular complexity index is 151. The van der Waals surface area contributed by atoms with E-state index in [1.54, 1.807) is 14.2 Å². The fourth-order valence-corrected chi connectivity index (χ4v) is 1.16. The molecule has 13 heavy (non-hydrogen) atoms. The summed E-state index contributed by atoms with van der Waals surface area (Å²) in [5.74, 6) is 2.55. The largest absolute Gasteiger partial charge is 0.396 e. The third-order valence-electron chi connectivity index (χ3n) is 1.99. The van der Waals surface area contributed by atoms with Gasteiger partial charge in [0.25, 0.3) is 0 Å². The van der Waals surface area contributed by atoms with Crippen molar-refractivity contribution in [3.63, 3.8) is 0 Å². The first-order valence-corrected chi connectivity index (χ1v) is 4.38. The van der Waals surface area contributed by atoms with E-state index in [-0.39, 0.29) is 18.8 Å². The van der Waals surface area contributed by atoms with E-state index in [1.165, 1.54) is 0 Å². The number of rotatable bonds is 7. The second kappa shape index (κ2) is 8.06. The molecule has 1 N–H and O–H groups in total. The third-order valence-corrected chi connectivity index (χ3v) is 1.99. The summed E-state index contributed by atoms with van der Waals surface area (Å²) in [5, 5.41) is 8.72. The Balaban J connectivity index is 3.81. The molecule has 2 atom stereocenters. The Morgan fingerprint density at radius 1 is 1.31 bits per heavy atom. The van der Waals surface area contributed by atoms with Gasteiger partial charge in [0.15, 0.2) is 0 Å². The van der Waals surface area contributed by atoms with E-state index in [0.29, 0.717) is 12.8 Å². The summed E-state index contributed by atoms with van der Waals surface area (Å²) in [4.78, 5) is 0. The molecule has 76 valence electrons. The van der Waals surface area contributed by atoms with E-state index in [9.17, 15) is 0 Å². The van der Waals surface area contributed by atoms with E-state index in [1.807, 2.05) is 0 Å². The summed E-state index contributed by atoms with van der Waals surface area (Å²) in [7, 11) is 3.26. The summed E-state index contributed by atoms with van der Waals surface area (Å²) < 4.78 is 10.3. The Hall–Kier alpha value is -0.560. The van der Waals surface area contributed by atoms with Crippen molar-refractivity contribution in [1.29, 1.82) is 0 Å². The van der Waals surface area contributed by atoms with Crippen LogP contribution in [-0.4, -0.2) is 38.1 Å². The van der Waals surface area contributed by atoms with Gasteiger partial charge in [0, 0.05) is 33.7 Å². The predicted molar refractivity (Wildman–Crippen MR) is 51.4 cm³/mol. The van der Waals surface area contributed by atoms with Crippen LogP contribution in [0.1, 0.15) is 19.3 Å². The number of aliphatic hydroxyl groups is 1. The summed E-state index contributed by atoms with van der Waals surface area (Å²) >= 11 is 0. The molecule has 3 heteroatoms. The SMILES string of the molecule is C#CCC(CC(CCO)OC)OC. The van der Waals surface area contributed by atoms with Gasteiger partial charge in [0.1, 0.15) is 0 Å². The van der Waals surface area contributed by atoms with Crippen molar-refractivity contribution in [2.75, 3.05) is 20.8 Å². The average Bonchev–Trinajstić information content (AvgIpc) is 2.16. The molecule has 2 unspecified atom stereocenters. The quantitative estimate of drug-likeness (QED) is 0.598. The molecule has 0 aromatic heterocycles. The van der Waals surface area contributed by atoms with Gasteiger partial charge in [-0.3, -0.25) is 0 Å². The van der Waals surface area contributed by atoms with Gasteiger partial charge in [-0.2, -0.15) is 0 Å². The molecule has 0 amide bonds. The van der Waals surface area contributed by atoms with Gasteiger partial charge < -0.3 is 14.6 Å². The van der Waals surface area contributed by atoms with Crippen LogP contribution in [0, 0.1) is 12.3 Å². The van der Waals surface area contributed by atoms with Gasteiger partial charge in [0.2, 0.25) is 0 Å². The van der Waals surface area contributed by atoms with Crippen LogP contribution in [0.5, 0.6) is 0 Å². The van der Waals surface area contributed by atoms with Crippen molar-refractivity contribution in [2.24, 2.45) is 0 Å². The van der Waals surface area contributed by atoms with Crippen LogP contribution < -0.4 is 0 Å². The highest BCUT2D eigenvalue weighted by Crippen LogP contribution is 2.10. The number of ether oxygens (including phenoxy) is 2. The van der Waals surface area contributed by atoms with E-state index in [4.69, 9.17) is 21.0 Å². The smallest absolute Gasteiger partial charge is 0.0705 e. The molecule has 0 aromatic rings. The van der Waals surface area contributed by atoms with Crippen LogP contribution in [0.4, 0.5) is 0 Å². The molecule has 0 aliphatic rings. The van der Waals surface area contributed by atoms with Crippen LogP contribution >= 0.6 is 0 Å². The number of terminal acetylenes is 1. The molecule has 0 aromatic carbocycles. The molecule has 0 bridgehead atoms. The minimum Gasteiger partial charge on any atom is -0.396 e. The molecule has 0 aliphatic heterocycles. The molecule has 0 aliphatic carbocycles. The number of hydrogen-bond donors (Lipinski definition) is 1. The summed E-state index contributed by atoms with van der Waals surface area (Å²) in [6.07, 6.45) is 7.18. The third kappa shape index (κ3) is 5.64. The van der Waals surface area contributed by atoms with E-state index < -0.39 is 0 Å². The number of methoxy groups -OCH3 is 2. The van der Waals surface area contributed by atoms with Crippen molar-refractivity contribution in [1.82, 2.24) is 0 Å².